The van der Waals surface area contributed by atoms with Gasteiger partial charge in [-0.25, -0.2) is 0 Å². The van der Waals surface area contributed by atoms with Crippen LogP contribution >= 0.6 is 0 Å². The van der Waals surface area contributed by atoms with Crippen LogP contribution in [0.4, 0.5) is 0 Å². The fraction of sp³-hybridized carbons (Fsp3) is 0.400. The molecule has 1 aliphatic rings. The van der Waals surface area contributed by atoms with Crippen molar-refractivity contribution in [1.29, 1.82) is 0 Å². The van der Waals surface area contributed by atoms with Crippen molar-refractivity contribution in [2.45, 2.75) is 32.5 Å². The number of likely N-dealkylation sites (tertiary alicyclic amines) is 1. The molecule has 1 aromatic carbocycles. The third-order valence-corrected chi connectivity index (χ3v) is 4.47. The summed E-state index contributed by atoms with van der Waals surface area (Å²) in [5.74, 6) is 0.784. The summed E-state index contributed by atoms with van der Waals surface area (Å²) in [6.07, 6.45) is 4.48. The molecule has 0 spiro atoms. The maximum Gasteiger partial charge on any atom is 0.191 e. The minimum Gasteiger partial charge on any atom is -0.352 e. The minimum atomic E-state index is 0.662. The lowest BCUT2D eigenvalue weighted by molar-refractivity contribution is 0.331. The Labute approximate surface area is 150 Å². The molecule has 3 rings (SSSR count). The monoisotopic (exact) mass is 337 g/mol. The van der Waals surface area contributed by atoms with Gasteiger partial charge in [0.2, 0.25) is 0 Å². The van der Waals surface area contributed by atoms with Gasteiger partial charge in [0.05, 0.1) is 12.2 Å². The van der Waals surface area contributed by atoms with Crippen LogP contribution in [0.25, 0.3) is 0 Å². The number of nitrogens with one attached hydrogen (secondary N) is 2. The summed E-state index contributed by atoms with van der Waals surface area (Å²) in [6.45, 7) is 4.96. The highest BCUT2D eigenvalue weighted by molar-refractivity contribution is 5.79. The molecule has 2 heterocycles. The van der Waals surface area contributed by atoms with Crippen LogP contribution in [0.3, 0.4) is 0 Å². The fourth-order valence-corrected chi connectivity index (χ4v) is 3.04. The number of aliphatic imine (C=N–C) groups is 1. The number of hydrogen-bond donors (Lipinski definition) is 2. The summed E-state index contributed by atoms with van der Waals surface area (Å²) in [5.41, 5.74) is 3.64. The van der Waals surface area contributed by atoms with Gasteiger partial charge in [-0.2, -0.15) is 0 Å². The number of benzene rings is 1. The van der Waals surface area contributed by atoms with Crippen molar-refractivity contribution in [3.8, 4) is 0 Å². The molecular weight excluding hydrogens is 310 g/mol. The molecule has 0 bridgehead atoms. The highest BCUT2D eigenvalue weighted by Gasteiger charge is 2.11. The van der Waals surface area contributed by atoms with Crippen LogP contribution in [0.2, 0.25) is 0 Å². The maximum absolute atomic E-state index is 4.31. The van der Waals surface area contributed by atoms with Crippen molar-refractivity contribution in [2.24, 2.45) is 4.99 Å². The van der Waals surface area contributed by atoms with E-state index in [2.05, 4.69) is 49.8 Å². The van der Waals surface area contributed by atoms with E-state index in [1.165, 1.54) is 37.1 Å². The van der Waals surface area contributed by atoms with Gasteiger partial charge in [0.15, 0.2) is 5.96 Å². The average molecular weight is 337 g/mol. The summed E-state index contributed by atoms with van der Waals surface area (Å²) in [7, 11) is 1.78. The molecule has 0 unspecified atom stereocenters. The molecule has 2 aromatic rings. The lowest BCUT2D eigenvalue weighted by Crippen LogP contribution is -2.36. The predicted molar refractivity (Wildman–Crippen MR) is 102 cm³/mol. The Morgan fingerprint density at radius 1 is 1.00 bits per heavy atom. The number of hydrogen-bond acceptors (Lipinski definition) is 3. The highest BCUT2D eigenvalue weighted by Crippen LogP contribution is 2.13. The van der Waals surface area contributed by atoms with Crippen molar-refractivity contribution in [1.82, 2.24) is 20.5 Å². The van der Waals surface area contributed by atoms with Crippen LogP contribution in [0.5, 0.6) is 0 Å². The van der Waals surface area contributed by atoms with Gasteiger partial charge in [-0.05, 0) is 49.2 Å². The molecule has 5 heteroatoms. The lowest BCUT2D eigenvalue weighted by Gasteiger charge is -2.15. The molecule has 25 heavy (non-hydrogen) atoms. The van der Waals surface area contributed by atoms with E-state index in [1.807, 2.05) is 18.2 Å². The summed E-state index contributed by atoms with van der Waals surface area (Å²) >= 11 is 0. The maximum atomic E-state index is 4.31. The third kappa shape index (κ3) is 5.57. The van der Waals surface area contributed by atoms with E-state index in [0.717, 1.165) is 24.7 Å². The van der Waals surface area contributed by atoms with E-state index in [0.29, 0.717) is 6.54 Å². The van der Waals surface area contributed by atoms with Gasteiger partial charge in [-0.1, -0.05) is 30.3 Å². The fourth-order valence-electron chi connectivity index (χ4n) is 3.04. The van der Waals surface area contributed by atoms with E-state index in [9.17, 15) is 0 Å². The second-order valence-electron chi connectivity index (χ2n) is 6.40. The van der Waals surface area contributed by atoms with Gasteiger partial charge in [0.25, 0.3) is 0 Å². The molecule has 0 amide bonds. The Kier molecular flexibility index (Phi) is 6.40. The predicted octanol–water partition coefficient (Wildman–Crippen LogP) is 2.54. The van der Waals surface area contributed by atoms with E-state index >= 15 is 0 Å². The molecular formula is C20H27N5. The van der Waals surface area contributed by atoms with Crippen LogP contribution in [0.15, 0.2) is 53.7 Å². The molecule has 0 aliphatic carbocycles. The first-order valence-corrected chi connectivity index (χ1v) is 8.98. The van der Waals surface area contributed by atoms with Gasteiger partial charge < -0.3 is 10.6 Å². The van der Waals surface area contributed by atoms with Gasteiger partial charge in [0, 0.05) is 26.3 Å². The van der Waals surface area contributed by atoms with E-state index in [-0.39, 0.29) is 0 Å². The van der Waals surface area contributed by atoms with Gasteiger partial charge in [-0.3, -0.25) is 14.9 Å². The standard InChI is InChI=1S/C20H27N5/c1-21-20(24-15-19-6-2-3-11-22-19)23-14-17-7-9-18(10-8-17)16-25-12-4-5-13-25/h2-3,6-11H,4-5,12-16H2,1H3,(H2,21,23,24). The summed E-state index contributed by atoms with van der Waals surface area (Å²) in [6, 6.07) is 14.8. The van der Waals surface area contributed by atoms with Crippen LogP contribution in [-0.4, -0.2) is 36.0 Å². The van der Waals surface area contributed by atoms with Crippen LogP contribution in [-0.2, 0) is 19.6 Å². The highest BCUT2D eigenvalue weighted by atomic mass is 15.2. The van der Waals surface area contributed by atoms with Gasteiger partial charge >= 0.3 is 0 Å². The molecule has 1 aromatic heterocycles. The molecule has 0 atom stereocenters. The first kappa shape index (κ1) is 17.4. The second kappa shape index (κ2) is 9.18. The summed E-state index contributed by atoms with van der Waals surface area (Å²) in [4.78, 5) is 11.1. The molecule has 0 radical (unpaired) electrons. The number of rotatable bonds is 6. The molecule has 2 N–H and O–H groups in total. The largest absolute Gasteiger partial charge is 0.352 e. The zero-order valence-electron chi connectivity index (χ0n) is 14.9. The van der Waals surface area contributed by atoms with E-state index in [1.54, 1.807) is 13.2 Å². The third-order valence-electron chi connectivity index (χ3n) is 4.47. The number of guanidine groups is 1. The topological polar surface area (TPSA) is 52.6 Å². The smallest absolute Gasteiger partial charge is 0.191 e. The quantitative estimate of drug-likeness (QED) is 0.628. The molecule has 5 nitrogen and oxygen atoms in total. The normalized spacial score (nSPS) is 15.3. The van der Waals surface area contributed by atoms with Crippen molar-refractivity contribution < 1.29 is 0 Å². The summed E-state index contributed by atoms with van der Waals surface area (Å²) < 4.78 is 0. The van der Waals surface area contributed by atoms with Crippen molar-refractivity contribution in [2.75, 3.05) is 20.1 Å². The average Bonchev–Trinajstić information content (AvgIpc) is 3.17. The second-order valence-corrected chi connectivity index (χ2v) is 6.40. The molecule has 1 fully saturated rings. The first-order valence-electron chi connectivity index (χ1n) is 8.98. The zero-order chi connectivity index (χ0) is 17.3. The Morgan fingerprint density at radius 2 is 1.72 bits per heavy atom. The zero-order valence-corrected chi connectivity index (χ0v) is 14.9. The molecule has 1 aliphatic heterocycles. The van der Waals surface area contributed by atoms with E-state index < -0.39 is 0 Å². The number of pyridine rings is 1. The Balaban J connectivity index is 1.44. The molecule has 132 valence electrons. The van der Waals surface area contributed by atoms with Crippen LogP contribution < -0.4 is 10.6 Å². The summed E-state index contributed by atoms with van der Waals surface area (Å²) in [5, 5.41) is 6.63. The molecule has 1 saturated heterocycles. The Hall–Kier alpha value is -2.40. The number of aromatic nitrogens is 1. The van der Waals surface area contributed by atoms with E-state index in [4.69, 9.17) is 0 Å². The van der Waals surface area contributed by atoms with Crippen LogP contribution in [0.1, 0.15) is 29.7 Å². The minimum absolute atomic E-state index is 0.662. The van der Waals surface area contributed by atoms with Gasteiger partial charge in [0.1, 0.15) is 0 Å². The van der Waals surface area contributed by atoms with Crippen molar-refractivity contribution in [3.63, 3.8) is 0 Å². The SMILES string of the molecule is CN=C(NCc1ccc(CN2CCCC2)cc1)NCc1ccccn1. The Morgan fingerprint density at radius 3 is 2.40 bits per heavy atom. The Bertz CT molecular complexity index is 660. The van der Waals surface area contributed by atoms with Crippen molar-refractivity contribution >= 4 is 5.96 Å². The van der Waals surface area contributed by atoms with Crippen LogP contribution in [0, 0.1) is 0 Å². The lowest BCUT2D eigenvalue weighted by atomic mass is 10.1. The first-order chi connectivity index (χ1) is 12.3. The van der Waals surface area contributed by atoms with Crippen molar-refractivity contribution in [3.05, 3.63) is 65.5 Å². The molecule has 0 saturated carbocycles. The number of nitrogens with zero attached hydrogens (tertiary/aromatic N) is 3. The van der Waals surface area contributed by atoms with Gasteiger partial charge in [-0.15, -0.1) is 0 Å².